The van der Waals surface area contributed by atoms with Gasteiger partial charge in [-0.3, -0.25) is 0 Å². The van der Waals surface area contributed by atoms with Gasteiger partial charge in [-0.1, -0.05) is 0 Å². The Kier molecular flexibility index (Phi) is 5.32. The van der Waals surface area contributed by atoms with Gasteiger partial charge >= 0.3 is 12.3 Å². The molecular weight excluding hydrogens is 385 g/mol. The van der Waals surface area contributed by atoms with Crippen LogP contribution in [0.25, 0.3) is 0 Å². The van der Waals surface area contributed by atoms with E-state index in [2.05, 4.69) is 14.5 Å². The molecule has 0 atom stereocenters. The van der Waals surface area contributed by atoms with Crippen molar-refractivity contribution in [1.29, 1.82) is 0 Å². The summed E-state index contributed by atoms with van der Waals surface area (Å²) in [5, 5.41) is 0. The molecule has 0 aliphatic heterocycles. The Hall–Kier alpha value is -1.13. The molecular formula is C10H8F4INO3. The van der Waals surface area contributed by atoms with E-state index < -0.39 is 30.6 Å². The lowest BCUT2D eigenvalue weighted by atomic mass is 10.2. The number of hydrogen-bond acceptors (Lipinski definition) is 4. The van der Waals surface area contributed by atoms with Crippen LogP contribution in [-0.2, 0) is 11.4 Å². The molecule has 19 heavy (non-hydrogen) atoms. The van der Waals surface area contributed by atoms with E-state index in [9.17, 15) is 22.4 Å². The van der Waals surface area contributed by atoms with Gasteiger partial charge in [0.15, 0.2) is 0 Å². The maximum atomic E-state index is 12.7. The van der Waals surface area contributed by atoms with Crippen LogP contribution in [0.4, 0.5) is 17.6 Å². The Bertz CT molecular complexity index is 479. The molecule has 0 fully saturated rings. The van der Waals surface area contributed by atoms with Crippen molar-refractivity contribution in [1.82, 2.24) is 4.98 Å². The van der Waals surface area contributed by atoms with Crippen LogP contribution >= 0.6 is 22.6 Å². The second-order valence-corrected chi connectivity index (χ2v) is 4.33. The van der Waals surface area contributed by atoms with E-state index >= 15 is 0 Å². The van der Waals surface area contributed by atoms with Gasteiger partial charge in [0.1, 0.15) is 6.67 Å². The topological polar surface area (TPSA) is 48.4 Å². The Labute approximate surface area is 119 Å². The fourth-order valence-corrected chi connectivity index (χ4v) is 1.72. The number of carbonyl (C=O) groups is 1. The maximum Gasteiger partial charge on any atom is 0.574 e. The number of halogens is 5. The number of esters is 1. The van der Waals surface area contributed by atoms with Crippen molar-refractivity contribution in [3.8, 4) is 5.88 Å². The summed E-state index contributed by atoms with van der Waals surface area (Å²) in [6.07, 6.45) is -4.94. The monoisotopic (exact) mass is 393 g/mol. The quantitative estimate of drug-likeness (QED) is 0.448. The van der Waals surface area contributed by atoms with E-state index in [-0.39, 0.29) is 15.7 Å². The van der Waals surface area contributed by atoms with E-state index in [0.29, 0.717) is 0 Å². The van der Waals surface area contributed by atoms with Gasteiger partial charge in [-0.25, -0.2) is 14.2 Å². The Morgan fingerprint density at radius 1 is 1.47 bits per heavy atom. The third-order valence-corrected chi connectivity index (χ3v) is 2.63. The van der Waals surface area contributed by atoms with Crippen LogP contribution in [0.15, 0.2) is 6.07 Å². The molecule has 0 bridgehead atoms. The summed E-state index contributed by atoms with van der Waals surface area (Å²) in [5.74, 6) is -1.65. The normalized spacial score (nSPS) is 11.3. The fourth-order valence-electron chi connectivity index (χ4n) is 1.18. The van der Waals surface area contributed by atoms with Crippen molar-refractivity contribution in [3.63, 3.8) is 0 Å². The summed E-state index contributed by atoms with van der Waals surface area (Å²) in [6, 6.07) is 1.04. The summed E-state index contributed by atoms with van der Waals surface area (Å²) in [6.45, 7) is 0.397. The molecule has 0 amide bonds. The van der Waals surface area contributed by atoms with Gasteiger partial charge in [0.05, 0.1) is 21.4 Å². The van der Waals surface area contributed by atoms with Crippen molar-refractivity contribution >= 4 is 28.6 Å². The second-order valence-electron chi connectivity index (χ2n) is 3.17. The zero-order valence-electron chi connectivity index (χ0n) is 9.55. The minimum Gasteiger partial charge on any atom is -0.462 e. The maximum absolute atomic E-state index is 12.7. The third kappa shape index (κ3) is 4.48. The van der Waals surface area contributed by atoms with E-state index in [4.69, 9.17) is 0 Å². The Morgan fingerprint density at radius 3 is 2.58 bits per heavy atom. The minimum absolute atomic E-state index is 0.0575. The number of pyridine rings is 1. The molecule has 1 aromatic heterocycles. The summed E-state index contributed by atoms with van der Waals surface area (Å²) in [5.41, 5.74) is -0.679. The summed E-state index contributed by atoms with van der Waals surface area (Å²) >= 11 is 1.50. The van der Waals surface area contributed by atoms with Crippen molar-refractivity contribution in [3.05, 3.63) is 20.9 Å². The summed E-state index contributed by atoms with van der Waals surface area (Å²) in [7, 11) is 0. The highest BCUT2D eigenvalue weighted by molar-refractivity contribution is 14.1. The number of nitrogens with zero attached hydrogens (tertiary/aromatic N) is 1. The first kappa shape index (κ1) is 15.9. The largest absolute Gasteiger partial charge is 0.574 e. The highest BCUT2D eigenvalue weighted by atomic mass is 127. The molecule has 1 heterocycles. The molecule has 0 saturated carbocycles. The molecule has 0 saturated heterocycles. The minimum atomic E-state index is -4.94. The van der Waals surface area contributed by atoms with Crippen molar-refractivity contribution < 1.29 is 31.8 Å². The Balaban J connectivity index is 3.17. The molecule has 0 unspecified atom stereocenters. The molecule has 0 spiro atoms. The van der Waals surface area contributed by atoms with E-state index in [1.54, 1.807) is 6.92 Å². The molecule has 0 aliphatic carbocycles. The molecule has 1 rings (SSSR count). The smallest absolute Gasteiger partial charge is 0.462 e. The molecule has 4 nitrogen and oxygen atoms in total. The van der Waals surface area contributed by atoms with Crippen LogP contribution in [0, 0.1) is 3.57 Å². The highest BCUT2D eigenvalue weighted by Gasteiger charge is 2.33. The van der Waals surface area contributed by atoms with Gasteiger partial charge in [-0.2, -0.15) is 0 Å². The molecule has 0 radical (unpaired) electrons. The van der Waals surface area contributed by atoms with Crippen molar-refractivity contribution in [2.45, 2.75) is 20.0 Å². The van der Waals surface area contributed by atoms with Gasteiger partial charge in [0, 0.05) is 0 Å². The molecule has 0 aliphatic rings. The SMILES string of the molecule is CCOC(=O)c1cc(I)c(OC(F)(F)F)nc1CF. The number of carbonyl (C=O) groups excluding carboxylic acids is 1. The predicted octanol–water partition coefficient (Wildman–Crippen LogP) is 3.23. The number of rotatable bonds is 4. The molecule has 0 N–H and O–H groups in total. The van der Waals surface area contributed by atoms with Gasteiger partial charge in [-0.05, 0) is 35.6 Å². The Morgan fingerprint density at radius 2 is 2.11 bits per heavy atom. The average Bonchev–Trinajstić information content (AvgIpc) is 2.29. The van der Waals surface area contributed by atoms with Crippen molar-refractivity contribution in [2.24, 2.45) is 0 Å². The van der Waals surface area contributed by atoms with Crippen LogP contribution in [0.2, 0.25) is 0 Å². The van der Waals surface area contributed by atoms with Crippen LogP contribution in [0.3, 0.4) is 0 Å². The summed E-state index contributed by atoms with van der Waals surface area (Å²) < 4.78 is 57.2. The van der Waals surface area contributed by atoms with Gasteiger partial charge in [-0.15, -0.1) is 13.2 Å². The zero-order chi connectivity index (χ0) is 14.6. The zero-order valence-corrected chi connectivity index (χ0v) is 11.7. The first-order valence-electron chi connectivity index (χ1n) is 4.96. The molecule has 1 aromatic rings. The fraction of sp³-hybridized carbons (Fsp3) is 0.400. The lowest BCUT2D eigenvalue weighted by Crippen LogP contribution is -2.20. The number of alkyl halides is 4. The lowest BCUT2D eigenvalue weighted by Gasteiger charge is -2.12. The number of aromatic nitrogens is 1. The van der Waals surface area contributed by atoms with Crippen LogP contribution in [-0.4, -0.2) is 23.9 Å². The standard InChI is InChI=1S/C10H8F4INO3/c1-2-18-9(17)5-3-6(15)8(16-7(5)4-11)19-10(12,13)14/h3H,2,4H2,1H3. The van der Waals surface area contributed by atoms with Crippen LogP contribution in [0.5, 0.6) is 5.88 Å². The van der Waals surface area contributed by atoms with Gasteiger partial charge in [0.25, 0.3) is 0 Å². The average molecular weight is 393 g/mol. The third-order valence-electron chi connectivity index (χ3n) is 1.86. The number of hydrogen-bond donors (Lipinski definition) is 0. The van der Waals surface area contributed by atoms with Crippen molar-refractivity contribution in [2.75, 3.05) is 6.61 Å². The second kappa shape index (κ2) is 6.35. The highest BCUT2D eigenvalue weighted by Crippen LogP contribution is 2.28. The molecule has 9 heteroatoms. The van der Waals surface area contributed by atoms with Crippen LogP contribution in [0.1, 0.15) is 23.0 Å². The number of ether oxygens (including phenoxy) is 2. The molecule has 0 aromatic carbocycles. The lowest BCUT2D eigenvalue weighted by molar-refractivity contribution is -0.276. The van der Waals surface area contributed by atoms with E-state index in [1.165, 1.54) is 22.6 Å². The van der Waals surface area contributed by atoms with E-state index in [1.807, 2.05) is 0 Å². The van der Waals surface area contributed by atoms with E-state index in [0.717, 1.165) is 6.07 Å². The summed E-state index contributed by atoms with van der Waals surface area (Å²) in [4.78, 5) is 14.8. The van der Waals surface area contributed by atoms with Gasteiger partial charge in [0.2, 0.25) is 5.88 Å². The van der Waals surface area contributed by atoms with Gasteiger partial charge < -0.3 is 9.47 Å². The van der Waals surface area contributed by atoms with Crippen LogP contribution < -0.4 is 4.74 Å². The predicted molar refractivity (Wildman–Crippen MR) is 64.4 cm³/mol. The first-order chi connectivity index (χ1) is 8.78. The first-order valence-corrected chi connectivity index (χ1v) is 6.04. The molecule has 106 valence electrons.